The normalized spacial score (nSPS) is 14.5. The molecule has 18 heavy (non-hydrogen) atoms. The number of aliphatic hydroxyl groups is 1. The second kappa shape index (κ2) is 6.25. The number of fused-ring (bicyclic) bond motifs is 1. The highest BCUT2D eigenvalue weighted by Gasteiger charge is 2.14. The first-order chi connectivity index (χ1) is 8.69. The van der Waals surface area contributed by atoms with Gasteiger partial charge < -0.3 is 5.11 Å². The molecule has 0 amide bonds. The van der Waals surface area contributed by atoms with Crippen molar-refractivity contribution in [1.29, 1.82) is 0 Å². The Hall–Kier alpha value is -1.00. The van der Waals surface area contributed by atoms with Crippen LogP contribution in [-0.2, 0) is 19.4 Å². The Bertz CT molecular complexity index is 395. The van der Waals surface area contributed by atoms with E-state index in [4.69, 9.17) is 5.11 Å². The van der Waals surface area contributed by atoms with E-state index in [1.54, 1.807) is 4.90 Å². The van der Waals surface area contributed by atoms with Crippen LogP contribution in [0.4, 0.5) is 8.78 Å². The van der Waals surface area contributed by atoms with Crippen molar-refractivity contribution in [3.8, 4) is 0 Å². The molecule has 1 aromatic rings. The predicted octanol–water partition coefficient (Wildman–Crippen LogP) is 2.23. The lowest BCUT2D eigenvalue weighted by atomic mass is 10.1. The highest BCUT2D eigenvalue weighted by molar-refractivity contribution is 5.35. The third-order valence-corrected chi connectivity index (χ3v) is 3.38. The van der Waals surface area contributed by atoms with Gasteiger partial charge in [-0.3, -0.25) is 4.90 Å². The summed E-state index contributed by atoms with van der Waals surface area (Å²) in [4.78, 5) is 1.60. The Morgan fingerprint density at radius 3 is 2.72 bits per heavy atom. The fourth-order valence-electron chi connectivity index (χ4n) is 2.55. The summed E-state index contributed by atoms with van der Waals surface area (Å²) < 4.78 is 24.8. The van der Waals surface area contributed by atoms with Crippen molar-refractivity contribution < 1.29 is 13.9 Å². The van der Waals surface area contributed by atoms with Crippen LogP contribution in [0, 0.1) is 0 Å². The zero-order valence-corrected chi connectivity index (χ0v) is 10.4. The summed E-state index contributed by atoms with van der Waals surface area (Å²) in [6, 6.07) is 6.25. The van der Waals surface area contributed by atoms with Crippen LogP contribution in [0.1, 0.15) is 23.1 Å². The maximum atomic E-state index is 12.4. The molecule has 0 atom stereocenters. The number of aryl methyl sites for hydroxylation is 2. The number of aliphatic hydroxyl groups excluding tert-OH is 1. The number of hydrogen-bond acceptors (Lipinski definition) is 2. The van der Waals surface area contributed by atoms with Gasteiger partial charge in [-0.25, -0.2) is 8.78 Å². The van der Waals surface area contributed by atoms with E-state index >= 15 is 0 Å². The summed E-state index contributed by atoms with van der Waals surface area (Å²) in [5.41, 5.74) is 3.81. The number of halogens is 2. The molecule has 0 unspecified atom stereocenters. The quantitative estimate of drug-likeness (QED) is 0.842. The van der Waals surface area contributed by atoms with Gasteiger partial charge in [0.1, 0.15) is 0 Å². The first kappa shape index (κ1) is 13.4. The van der Waals surface area contributed by atoms with Crippen molar-refractivity contribution in [3.05, 3.63) is 34.9 Å². The van der Waals surface area contributed by atoms with Crippen molar-refractivity contribution in [3.63, 3.8) is 0 Å². The Morgan fingerprint density at radius 1 is 1.22 bits per heavy atom. The second-order valence-corrected chi connectivity index (χ2v) is 4.81. The molecule has 0 saturated heterocycles. The van der Waals surface area contributed by atoms with Gasteiger partial charge in [0, 0.05) is 13.1 Å². The first-order valence-electron chi connectivity index (χ1n) is 6.41. The molecule has 0 spiro atoms. The van der Waals surface area contributed by atoms with Crippen molar-refractivity contribution in [2.24, 2.45) is 0 Å². The zero-order chi connectivity index (χ0) is 13.0. The summed E-state index contributed by atoms with van der Waals surface area (Å²) in [6.45, 7) is 0.412. The van der Waals surface area contributed by atoms with Crippen molar-refractivity contribution in [1.82, 2.24) is 4.90 Å². The van der Waals surface area contributed by atoms with Crippen LogP contribution in [0.2, 0.25) is 0 Å². The van der Waals surface area contributed by atoms with Gasteiger partial charge in [-0.1, -0.05) is 18.2 Å². The summed E-state index contributed by atoms with van der Waals surface area (Å²) in [6.07, 6.45) is 1.06. The molecule has 0 saturated carbocycles. The van der Waals surface area contributed by atoms with Gasteiger partial charge in [-0.2, -0.15) is 0 Å². The molecule has 100 valence electrons. The molecular formula is C14H19F2NO. The van der Waals surface area contributed by atoms with Gasteiger partial charge >= 0.3 is 0 Å². The molecule has 1 aromatic carbocycles. The SMILES string of the molecule is OCCN(Cc1ccc2c(c1)CCC2)CC(F)F. The van der Waals surface area contributed by atoms with Crippen molar-refractivity contribution in [2.45, 2.75) is 32.2 Å². The van der Waals surface area contributed by atoms with Gasteiger partial charge in [-0.15, -0.1) is 0 Å². The van der Waals surface area contributed by atoms with Crippen molar-refractivity contribution in [2.75, 3.05) is 19.7 Å². The maximum Gasteiger partial charge on any atom is 0.251 e. The molecule has 1 aliphatic rings. The highest BCUT2D eigenvalue weighted by atomic mass is 19.3. The van der Waals surface area contributed by atoms with E-state index in [-0.39, 0.29) is 13.2 Å². The van der Waals surface area contributed by atoms with E-state index in [9.17, 15) is 8.78 Å². The molecule has 0 heterocycles. The van der Waals surface area contributed by atoms with Crippen molar-refractivity contribution >= 4 is 0 Å². The lowest BCUT2D eigenvalue weighted by molar-refractivity contribution is 0.0746. The molecule has 1 N–H and O–H groups in total. The molecule has 0 aliphatic heterocycles. The topological polar surface area (TPSA) is 23.5 Å². The Labute approximate surface area is 106 Å². The maximum absolute atomic E-state index is 12.4. The Balaban J connectivity index is 2.01. The monoisotopic (exact) mass is 255 g/mol. The van der Waals surface area contributed by atoms with E-state index in [1.165, 1.54) is 17.5 Å². The smallest absolute Gasteiger partial charge is 0.251 e. The molecule has 0 bridgehead atoms. The zero-order valence-electron chi connectivity index (χ0n) is 10.4. The van der Waals surface area contributed by atoms with Crippen LogP contribution in [0.25, 0.3) is 0 Å². The lowest BCUT2D eigenvalue weighted by Crippen LogP contribution is -2.31. The fourth-order valence-corrected chi connectivity index (χ4v) is 2.55. The van der Waals surface area contributed by atoms with Gasteiger partial charge in [-0.05, 0) is 36.0 Å². The van der Waals surface area contributed by atoms with E-state index in [0.717, 1.165) is 18.4 Å². The van der Waals surface area contributed by atoms with Gasteiger partial charge in [0.05, 0.1) is 13.2 Å². The summed E-state index contributed by atoms with van der Waals surface area (Å²) in [5, 5.41) is 8.90. The van der Waals surface area contributed by atoms with Crippen LogP contribution in [0.15, 0.2) is 18.2 Å². The average molecular weight is 255 g/mol. The number of alkyl halides is 2. The fraction of sp³-hybridized carbons (Fsp3) is 0.571. The minimum Gasteiger partial charge on any atom is -0.395 e. The third kappa shape index (κ3) is 3.50. The largest absolute Gasteiger partial charge is 0.395 e. The first-order valence-corrected chi connectivity index (χ1v) is 6.41. The number of rotatable bonds is 6. The van der Waals surface area contributed by atoms with Gasteiger partial charge in [0.2, 0.25) is 0 Å². The van der Waals surface area contributed by atoms with Gasteiger partial charge in [0.15, 0.2) is 0 Å². The van der Waals surface area contributed by atoms with E-state index in [0.29, 0.717) is 13.1 Å². The molecule has 2 rings (SSSR count). The molecule has 2 nitrogen and oxygen atoms in total. The van der Waals surface area contributed by atoms with Crippen LogP contribution in [0.5, 0.6) is 0 Å². The summed E-state index contributed by atoms with van der Waals surface area (Å²) >= 11 is 0. The molecular weight excluding hydrogens is 236 g/mol. The minimum atomic E-state index is -2.36. The van der Waals surface area contributed by atoms with Crippen LogP contribution >= 0.6 is 0 Å². The predicted molar refractivity (Wildman–Crippen MR) is 66.8 cm³/mol. The number of benzene rings is 1. The van der Waals surface area contributed by atoms with Crippen LogP contribution < -0.4 is 0 Å². The lowest BCUT2D eigenvalue weighted by Gasteiger charge is -2.21. The molecule has 4 heteroatoms. The van der Waals surface area contributed by atoms with E-state index in [2.05, 4.69) is 12.1 Å². The molecule has 0 radical (unpaired) electrons. The third-order valence-electron chi connectivity index (χ3n) is 3.38. The standard InChI is InChI=1S/C14H19F2NO/c15-14(16)10-17(6-7-18)9-11-4-5-12-2-1-3-13(12)8-11/h4-5,8,14,18H,1-3,6-7,9-10H2. The minimum absolute atomic E-state index is 0.0857. The summed E-state index contributed by atoms with van der Waals surface area (Å²) in [7, 11) is 0. The average Bonchev–Trinajstić information content (AvgIpc) is 2.75. The van der Waals surface area contributed by atoms with E-state index < -0.39 is 6.43 Å². The van der Waals surface area contributed by atoms with E-state index in [1.807, 2.05) is 6.07 Å². The molecule has 1 aliphatic carbocycles. The van der Waals surface area contributed by atoms with Gasteiger partial charge in [0.25, 0.3) is 6.43 Å². The highest BCUT2D eigenvalue weighted by Crippen LogP contribution is 2.23. The number of hydrogen-bond donors (Lipinski definition) is 1. The molecule has 0 fully saturated rings. The number of nitrogens with zero attached hydrogens (tertiary/aromatic N) is 1. The molecule has 0 aromatic heterocycles. The Morgan fingerprint density at radius 2 is 2.00 bits per heavy atom. The van der Waals surface area contributed by atoms with Crippen LogP contribution in [-0.4, -0.2) is 36.1 Å². The van der Waals surface area contributed by atoms with Crippen LogP contribution in [0.3, 0.4) is 0 Å². The second-order valence-electron chi connectivity index (χ2n) is 4.81. The summed E-state index contributed by atoms with van der Waals surface area (Å²) in [5.74, 6) is 0. The Kier molecular flexibility index (Phi) is 4.66.